The highest BCUT2D eigenvalue weighted by Crippen LogP contribution is 2.34. The fourth-order valence-electron chi connectivity index (χ4n) is 2.64. The minimum Gasteiger partial charge on any atom is -0.452 e. The highest BCUT2D eigenvalue weighted by atomic mass is 35.5. The molecule has 0 saturated carbocycles. The van der Waals surface area contributed by atoms with Gasteiger partial charge >= 0.3 is 0 Å². The third-order valence-electron chi connectivity index (χ3n) is 3.64. The number of halogens is 2. The Morgan fingerprint density at radius 3 is 2.67 bits per heavy atom. The van der Waals surface area contributed by atoms with Gasteiger partial charge in [-0.15, -0.1) is 0 Å². The predicted octanol–water partition coefficient (Wildman–Crippen LogP) is 3.02. The second-order valence-corrected chi connectivity index (χ2v) is 5.37. The van der Waals surface area contributed by atoms with Gasteiger partial charge in [0.25, 0.3) is 5.91 Å². The monoisotopic (exact) mass is 309 g/mol. The summed E-state index contributed by atoms with van der Waals surface area (Å²) in [5, 5.41) is 9.90. The van der Waals surface area contributed by atoms with E-state index in [0.29, 0.717) is 6.42 Å². The van der Waals surface area contributed by atoms with E-state index in [1.165, 1.54) is 29.4 Å². The van der Waals surface area contributed by atoms with Crippen molar-refractivity contribution < 1.29 is 18.7 Å². The van der Waals surface area contributed by atoms with E-state index in [-0.39, 0.29) is 35.1 Å². The number of rotatable bonds is 2. The molecule has 2 atom stereocenters. The number of furan rings is 1. The van der Waals surface area contributed by atoms with E-state index in [2.05, 4.69) is 0 Å². The van der Waals surface area contributed by atoms with Gasteiger partial charge in [0.05, 0.1) is 24.0 Å². The number of likely N-dealkylation sites (tertiary alicyclic amines) is 1. The van der Waals surface area contributed by atoms with E-state index in [9.17, 15) is 14.3 Å². The van der Waals surface area contributed by atoms with E-state index in [1.807, 2.05) is 0 Å². The lowest BCUT2D eigenvalue weighted by Crippen LogP contribution is -2.31. The fraction of sp³-hybridized carbons (Fsp3) is 0.267. The molecule has 1 aliphatic heterocycles. The molecule has 0 bridgehead atoms. The Morgan fingerprint density at radius 1 is 1.33 bits per heavy atom. The molecule has 4 nitrogen and oxygen atoms in total. The number of hydrogen-bond acceptors (Lipinski definition) is 3. The van der Waals surface area contributed by atoms with Crippen molar-refractivity contribution in [1.29, 1.82) is 0 Å². The minimum absolute atomic E-state index is 0.0271. The summed E-state index contributed by atoms with van der Waals surface area (Å²) < 4.78 is 18.0. The first-order chi connectivity index (χ1) is 10.1. The molecule has 1 N–H and O–H groups in total. The quantitative estimate of drug-likeness (QED) is 0.927. The maximum atomic E-state index is 13.0. The molecule has 1 aliphatic rings. The molecule has 2 heterocycles. The second kappa shape index (κ2) is 5.50. The Hall–Kier alpha value is -1.85. The van der Waals surface area contributed by atoms with Crippen LogP contribution in [-0.2, 0) is 0 Å². The number of aliphatic hydroxyl groups excluding tert-OH is 1. The Balaban J connectivity index is 1.91. The summed E-state index contributed by atoms with van der Waals surface area (Å²) in [4.78, 5) is 14.1. The van der Waals surface area contributed by atoms with E-state index in [0.717, 1.165) is 5.56 Å². The smallest absolute Gasteiger partial charge is 0.259 e. The molecular formula is C15H13ClFNO3. The Kier molecular flexibility index (Phi) is 3.69. The summed E-state index contributed by atoms with van der Waals surface area (Å²) in [6.07, 6.45) is 1.14. The van der Waals surface area contributed by atoms with Crippen LogP contribution < -0.4 is 0 Å². The van der Waals surface area contributed by atoms with Crippen LogP contribution in [0.5, 0.6) is 0 Å². The van der Waals surface area contributed by atoms with Gasteiger partial charge in [-0.1, -0.05) is 12.1 Å². The van der Waals surface area contributed by atoms with Crippen molar-refractivity contribution in [3.05, 3.63) is 58.8 Å². The predicted molar refractivity (Wildman–Crippen MR) is 74.5 cm³/mol. The molecule has 110 valence electrons. The second-order valence-electron chi connectivity index (χ2n) is 5.02. The van der Waals surface area contributed by atoms with E-state index >= 15 is 0 Å². The van der Waals surface area contributed by atoms with E-state index < -0.39 is 6.10 Å². The first-order valence-electron chi connectivity index (χ1n) is 6.53. The van der Waals surface area contributed by atoms with Crippen molar-refractivity contribution in [2.24, 2.45) is 0 Å². The van der Waals surface area contributed by atoms with Crippen LogP contribution in [0.2, 0.25) is 5.22 Å². The number of carbonyl (C=O) groups is 1. The lowest BCUT2D eigenvalue weighted by Gasteiger charge is -2.24. The van der Waals surface area contributed by atoms with Crippen LogP contribution in [0.25, 0.3) is 0 Å². The largest absolute Gasteiger partial charge is 0.452 e. The summed E-state index contributed by atoms with van der Waals surface area (Å²) in [5.74, 6) is -0.646. The number of amides is 1. The molecule has 1 amide bonds. The minimum atomic E-state index is -0.616. The molecule has 21 heavy (non-hydrogen) atoms. The standard InChI is InChI=1S/C15H13ClFNO3/c16-14-12(5-6-21-14)15(20)18-8-11(19)7-13(18)9-1-3-10(17)4-2-9/h1-6,11,13,19H,7-8H2/t11-,13+/m0/s1. The zero-order chi connectivity index (χ0) is 15.0. The zero-order valence-electron chi connectivity index (χ0n) is 11.0. The zero-order valence-corrected chi connectivity index (χ0v) is 11.8. The molecule has 0 spiro atoms. The van der Waals surface area contributed by atoms with Crippen LogP contribution in [0.1, 0.15) is 28.4 Å². The molecule has 1 fully saturated rings. The Labute approximate surface area is 125 Å². The number of aliphatic hydroxyl groups is 1. The summed E-state index contributed by atoms with van der Waals surface area (Å²) in [6, 6.07) is 7.11. The van der Waals surface area contributed by atoms with Crippen LogP contribution in [0.4, 0.5) is 4.39 Å². The highest BCUT2D eigenvalue weighted by molar-refractivity contribution is 6.32. The Bertz CT molecular complexity index is 655. The molecular weight excluding hydrogens is 297 g/mol. The Morgan fingerprint density at radius 2 is 2.05 bits per heavy atom. The first-order valence-corrected chi connectivity index (χ1v) is 6.91. The molecule has 1 aromatic heterocycles. The van der Waals surface area contributed by atoms with Crippen LogP contribution in [0.15, 0.2) is 41.0 Å². The van der Waals surface area contributed by atoms with Crippen LogP contribution in [-0.4, -0.2) is 28.6 Å². The van der Waals surface area contributed by atoms with Gasteiger partial charge < -0.3 is 14.4 Å². The highest BCUT2D eigenvalue weighted by Gasteiger charge is 2.36. The van der Waals surface area contributed by atoms with Crippen molar-refractivity contribution >= 4 is 17.5 Å². The van der Waals surface area contributed by atoms with Crippen LogP contribution in [0.3, 0.4) is 0 Å². The van der Waals surface area contributed by atoms with Gasteiger partial charge in [-0.3, -0.25) is 4.79 Å². The third kappa shape index (κ3) is 2.66. The molecule has 1 saturated heterocycles. The molecule has 6 heteroatoms. The van der Waals surface area contributed by atoms with E-state index in [1.54, 1.807) is 12.1 Å². The topological polar surface area (TPSA) is 53.7 Å². The average Bonchev–Trinajstić information content (AvgIpc) is 3.05. The van der Waals surface area contributed by atoms with Gasteiger partial charge in [0.2, 0.25) is 5.22 Å². The normalized spacial score (nSPS) is 21.8. The molecule has 1 aromatic carbocycles. The average molecular weight is 310 g/mol. The van der Waals surface area contributed by atoms with Gasteiger partial charge in [-0.2, -0.15) is 0 Å². The summed E-state index contributed by atoms with van der Waals surface area (Å²) in [6.45, 7) is 0.211. The molecule has 0 unspecified atom stereocenters. The maximum absolute atomic E-state index is 13.0. The van der Waals surface area contributed by atoms with Crippen LogP contribution in [0, 0.1) is 5.82 Å². The molecule has 2 aromatic rings. The first kappa shape index (κ1) is 14.1. The van der Waals surface area contributed by atoms with Crippen molar-refractivity contribution in [3.63, 3.8) is 0 Å². The van der Waals surface area contributed by atoms with Crippen molar-refractivity contribution in [3.8, 4) is 0 Å². The van der Waals surface area contributed by atoms with Crippen LogP contribution >= 0.6 is 11.6 Å². The summed E-state index contributed by atoms with van der Waals surface area (Å²) >= 11 is 5.84. The lowest BCUT2D eigenvalue weighted by atomic mass is 10.0. The van der Waals surface area contributed by atoms with Gasteiger partial charge in [-0.25, -0.2) is 4.39 Å². The van der Waals surface area contributed by atoms with Gasteiger partial charge in [0, 0.05) is 6.54 Å². The summed E-state index contributed by atoms with van der Waals surface area (Å²) in [7, 11) is 0. The van der Waals surface area contributed by atoms with Crippen molar-refractivity contribution in [1.82, 2.24) is 4.90 Å². The van der Waals surface area contributed by atoms with Gasteiger partial charge in [0.1, 0.15) is 5.82 Å². The number of benzene rings is 1. The number of carbonyl (C=O) groups excluding carboxylic acids is 1. The number of β-amino-alcohol motifs (C(OH)–C–C–N with tert-alkyl or cyclic N) is 1. The maximum Gasteiger partial charge on any atom is 0.259 e. The SMILES string of the molecule is O=C(c1ccoc1Cl)N1C[C@@H](O)C[C@@H]1c1ccc(F)cc1. The number of nitrogens with zero attached hydrogens (tertiary/aromatic N) is 1. The molecule has 3 rings (SSSR count). The van der Waals surface area contributed by atoms with Crippen molar-refractivity contribution in [2.75, 3.05) is 6.54 Å². The van der Waals surface area contributed by atoms with Crippen molar-refractivity contribution in [2.45, 2.75) is 18.6 Å². The fourth-order valence-corrected chi connectivity index (χ4v) is 2.84. The molecule has 0 radical (unpaired) electrons. The number of hydrogen-bond donors (Lipinski definition) is 1. The summed E-state index contributed by atoms with van der Waals surface area (Å²) in [5.41, 5.74) is 1.04. The van der Waals surface area contributed by atoms with Gasteiger partial charge in [0.15, 0.2) is 0 Å². The molecule has 0 aliphatic carbocycles. The lowest BCUT2D eigenvalue weighted by molar-refractivity contribution is 0.0715. The van der Waals surface area contributed by atoms with E-state index in [4.69, 9.17) is 16.0 Å². The third-order valence-corrected chi connectivity index (χ3v) is 3.94. The van der Waals surface area contributed by atoms with Gasteiger partial charge in [-0.05, 0) is 41.8 Å².